The molecule has 1 aromatic carbocycles. The molecule has 0 radical (unpaired) electrons. The van der Waals surface area contributed by atoms with Gasteiger partial charge in [-0.15, -0.1) is 23.1 Å². The van der Waals surface area contributed by atoms with Crippen LogP contribution in [-0.2, 0) is 0 Å². The van der Waals surface area contributed by atoms with Crippen LogP contribution in [0.3, 0.4) is 0 Å². The molecule has 3 unspecified atom stereocenters. The number of anilines is 1. The van der Waals surface area contributed by atoms with Crippen molar-refractivity contribution >= 4 is 40.5 Å². The maximum absolute atomic E-state index is 6.04. The molecule has 1 aliphatic heterocycles. The zero-order valence-corrected chi connectivity index (χ0v) is 14.0. The summed E-state index contributed by atoms with van der Waals surface area (Å²) in [6.07, 6.45) is 0. The van der Waals surface area contributed by atoms with Crippen molar-refractivity contribution in [2.45, 2.75) is 29.6 Å². The summed E-state index contributed by atoms with van der Waals surface area (Å²) in [7, 11) is 0. The fraction of sp³-hybridized carbons (Fsp3) is 0.400. The second kappa shape index (κ2) is 6.00. The predicted molar refractivity (Wildman–Crippen MR) is 93.7 cm³/mol. The molecule has 2 nitrogen and oxygen atoms in total. The quantitative estimate of drug-likeness (QED) is 0.814. The Labute approximate surface area is 132 Å². The number of benzene rings is 1. The molecule has 1 aliphatic rings. The Kier molecular flexibility index (Phi) is 4.29. The SMILES string of the molecule is CC1SCC(c2nc(-c3ccccc3N)cs2)SC1C. The van der Waals surface area contributed by atoms with E-state index >= 15 is 0 Å². The summed E-state index contributed by atoms with van der Waals surface area (Å²) in [5.74, 6) is 1.16. The summed E-state index contributed by atoms with van der Waals surface area (Å²) in [6.45, 7) is 4.63. The minimum Gasteiger partial charge on any atom is -0.398 e. The zero-order chi connectivity index (χ0) is 14.1. The molecule has 5 heteroatoms. The molecule has 2 aromatic rings. The fourth-order valence-electron chi connectivity index (χ4n) is 2.20. The van der Waals surface area contributed by atoms with Crippen LogP contribution in [0.25, 0.3) is 11.3 Å². The second-order valence-corrected chi connectivity index (χ2v) is 8.91. The molecule has 0 saturated carbocycles. The van der Waals surface area contributed by atoms with E-state index in [2.05, 4.69) is 42.8 Å². The number of hydrogen-bond acceptors (Lipinski definition) is 5. The van der Waals surface area contributed by atoms with Gasteiger partial charge in [0.15, 0.2) is 0 Å². The van der Waals surface area contributed by atoms with Crippen LogP contribution >= 0.6 is 34.9 Å². The Hall–Kier alpha value is -0.650. The van der Waals surface area contributed by atoms with Gasteiger partial charge in [-0.1, -0.05) is 32.0 Å². The molecule has 106 valence electrons. The van der Waals surface area contributed by atoms with E-state index in [9.17, 15) is 0 Å². The van der Waals surface area contributed by atoms with Gasteiger partial charge in [-0.3, -0.25) is 0 Å². The van der Waals surface area contributed by atoms with Gasteiger partial charge in [-0.05, 0) is 6.07 Å². The topological polar surface area (TPSA) is 38.9 Å². The van der Waals surface area contributed by atoms with Crippen molar-refractivity contribution < 1.29 is 0 Å². The number of hydrogen-bond donors (Lipinski definition) is 1. The van der Waals surface area contributed by atoms with Crippen LogP contribution < -0.4 is 5.73 Å². The van der Waals surface area contributed by atoms with Crippen molar-refractivity contribution in [2.24, 2.45) is 0 Å². The van der Waals surface area contributed by atoms with E-state index in [1.807, 2.05) is 24.3 Å². The monoisotopic (exact) mass is 322 g/mol. The average Bonchev–Trinajstić information content (AvgIpc) is 2.92. The van der Waals surface area contributed by atoms with E-state index in [4.69, 9.17) is 10.7 Å². The molecule has 2 heterocycles. The number of rotatable bonds is 2. The van der Waals surface area contributed by atoms with E-state index < -0.39 is 0 Å². The van der Waals surface area contributed by atoms with Crippen molar-refractivity contribution in [1.29, 1.82) is 0 Å². The van der Waals surface area contributed by atoms with E-state index in [1.54, 1.807) is 11.3 Å². The summed E-state index contributed by atoms with van der Waals surface area (Å²) in [6, 6.07) is 7.95. The second-order valence-electron chi connectivity index (χ2n) is 5.03. The van der Waals surface area contributed by atoms with E-state index in [0.29, 0.717) is 10.5 Å². The minimum absolute atomic E-state index is 0.523. The molecule has 3 rings (SSSR count). The number of nitrogens with zero attached hydrogens (tertiary/aromatic N) is 1. The van der Waals surface area contributed by atoms with Crippen molar-refractivity contribution in [3.05, 3.63) is 34.7 Å². The standard InChI is InChI=1S/C15H18N2S3/c1-9-10(2)20-14(8-18-9)15-17-13(7-19-15)11-5-3-4-6-12(11)16/h3-7,9-10,14H,8,16H2,1-2H3. The third kappa shape index (κ3) is 2.85. The molecule has 1 aromatic heterocycles. The lowest BCUT2D eigenvalue weighted by atomic mass is 10.1. The summed E-state index contributed by atoms with van der Waals surface area (Å²) in [4.78, 5) is 4.83. The molecule has 3 atom stereocenters. The van der Waals surface area contributed by atoms with Gasteiger partial charge in [0.25, 0.3) is 0 Å². The third-order valence-corrected chi connectivity index (χ3v) is 8.09. The van der Waals surface area contributed by atoms with Crippen molar-refractivity contribution in [3.63, 3.8) is 0 Å². The predicted octanol–water partition coefficient (Wildman–Crippen LogP) is 4.69. The molecule has 0 aliphatic carbocycles. The smallest absolute Gasteiger partial charge is 0.107 e. The largest absolute Gasteiger partial charge is 0.398 e. The Morgan fingerprint density at radius 2 is 2.00 bits per heavy atom. The number of aromatic nitrogens is 1. The summed E-state index contributed by atoms with van der Waals surface area (Å²) in [5.41, 5.74) is 8.90. The van der Waals surface area contributed by atoms with Gasteiger partial charge < -0.3 is 5.73 Å². The van der Waals surface area contributed by atoms with Crippen LogP contribution in [0.5, 0.6) is 0 Å². The first-order chi connectivity index (χ1) is 9.65. The highest BCUT2D eigenvalue weighted by atomic mass is 32.2. The first-order valence-corrected chi connectivity index (χ1v) is 9.59. The van der Waals surface area contributed by atoms with E-state index in [-0.39, 0.29) is 0 Å². The van der Waals surface area contributed by atoms with Crippen molar-refractivity contribution in [3.8, 4) is 11.3 Å². The zero-order valence-electron chi connectivity index (χ0n) is 11.6. The number of para-hydroxylation sites is 1. The average molecular weight is 323 g/mol. The van der Waals surface area contributed by atoms with Crippen LogP contribution in [0, 0.1) is 0 Å². The number of thiazole rings is 1. The Morgan fingerprint density at radius 3 is 2.75 bits per heavy atom. The van der Waals surface area contributed by atoms with Crippen LogP contribution in [0.4, 0.5) is 5.69 Å². The van der Waals surface area contributed by atoms with Gasteiger partial charge in [-0.25, -0.2) is 4.98 Å². The summed E-state index contributed by atoms with van der Waals surface area (Å²) < 4.78 is 0. The van der Waals surface area contributed by atoms with Gasteiger partial charge in [-0.2, -0.15) is 11.8 Å². The fourth-order valence-corrected chi connectivity index (χ4v) is 6.23. The molecule has 0 spiro atoms. The molecule has 20 heavy (non-hydrogen) atoms. The summed E-state index contributed by atoms with van der Waals surface area (Å²) in [5, 5.41) is 5.32. The highest BCUT2D eigenvalue weighted by Crippen LogP contribution is 2.45. The van der Waals surface area contributed by atoms with Gasteiger partial charge in [0, 0.05) is 32.9 Å². The van der Waals surface area contributed by atoms with Crippen LogP contribution in [0.15, 0.2) is 29.6 Å². The van der Waals surface area contributed by atoms with Gasteiger partial charge in [0.2, 0.25) is 0 Å². The molecule has 1 fully saturated rings. The lowest BCUT2D eigenvalue weighted by Crippen LogP contribution is -2.21. The Morgan fingerprint density at radius 1 is 1.20 bits per heavy atom. The van der Waals surface area contributed by atoms with Crippen LogP contribution in [0.2, 0.25) is 0 Å². The number of nitrogen functional groups attached to an aromatic ring is 1. The minimum atomic E-state index is 0.523. The van der Waals surface area contributed by atoms with Crippen LogP contribution in [0.1, 0.15) is 24.1 Å². The molecule has 0 bridgehead atoms. The molecule has 1 saturated heterocycles. The van der Waals surface area contributed by atoms with E-state index in [1.165, 1.54) is 5.01 Å². The maximum Gasteiger partial charge on any atom is 0.107 e. The van der Waals surface area contributed by atoms with Gasteiger partial charge in [0.05, 0.1) is 10.9 Å². The molecular weight excluding hydrogens is 304 g/mol. The number of nitrogens with two attached hydrogens (primary N) is 1. The maximum atomic E-state index is 6.04. The molecule has 2 N–H and O–H groups in total. The Bertz CT molecular complexity index is 596. The summed E-state index contributed by atoms with van der Waals surface area (Å²) >= 11 is 5.88. The highest BCUT2D eigenvalue weighted by Gasteiger charge is 2.28. The van der Waals surface area contributed by atoms with Gasteiger partial charge >= 0.3 is 0 Å². The number of thioether (sulfide) groups is 2. The van der Waals surface area contributed by atoms with Crippen LogP contribution in [-0.4, -0.2) is 21.2 Å². The van der Waals surface area contributed by atoms with E-state index in [0.717, 1.165) is 27.9 Å². The van der Waals surface area contributed by atoms with Crippen molar-refractivity contribution in [2.75, 3.05) is 11.5 Å². The lowest BCUT2D eigenvalue weighted by molar-refractivity contribution is 0.891. The first kappa shape index (κ1) is 14.3. The third-order valence-electron chi connectivity index (χ3n) is 3.58. The highest BCUT2D eigenvalue weighted by molar-refractivity contribution is 8.07. The normalized spacial score (nSPS) is 26.6. The Balaban J connectivity index is 1.82. The first-order valence-electron chi connectivity index (χ1n) is 6.72. The molecular formula is C15H18N2S3. The lowest BCUT2D eigenvalue weighted by Gasteiger charge is -2.30. The van der Waals surface area contributed by atoms with Crippen molar-refractivity contribution in [1.82, 2.24) is 4.98 Å². The van der Waals surface area contributed by atoms with Gasteiger partial charge in [0.1, 0.15) is 5.01 Å². The molecule has 0 amide bonds.